The van der Waals surface area contributed by atoms with Crippen LogP contribution in [0.3, 0.4) is 0 Å². The van der Waals surface area contributed by atoms with E-state index in [-0.39, 0.29) is 51.3 Å². The molecule has 0 unspecified atom stereocenters. The van der Waals surface area contributed by atoms with Gasteiger partial charge in [-0.05, 0) is 83.9 Å². The van der Waals surface area contributed by atoms with E-state index in [1.54, 1.807) is 42.5 Å². The molecule has 0 saturated carbocycles. The number of carbonyl (C=O) groups is 2. The third kappa shape index (κ3) is 13.3. The Labute approximate surface area is 367 Å². The van der Waals surface area contributed by atoms with Crippen LogP contribution in [0, 0.1) is 17.5 Å². The molecule has 0 saturated heterocycles. The fourth-order valence-electron chi connectivity index (χ4n) is 5.28. The van der Waals surface area contributed by atoms with Gasteiger partial charge < -0.3 is 20.1 Å². The van der Waals surface area contributed by atoms with Crippen molar-refractivity contribution in [1.82, 2.24) is 0 Å². The summed E-state index contributed by atoms with van der Waals surface area (Å²) in [5, 5.41) is 16.4. The van der Waals surface area contributed by atoms with E-state index >= 15 is 0 Å². The maximum atomic E-state index is 14.7. The number of halogens is 7. The zero-order valence-electron chi connectivity index (χ0n) is 30.8. The molecule has 318 valence electrons. The van der Waals surface area contributed by atoms with Crippen molar-refractivity contribution < 1.29 is 49.1 Å². The summed E-state index contributed by atoms with van der Waals surface area (Å²) < 4.78 is 102. The topological polar surface area (TPSA) is 197 Å². The highest BCUT2D eigenvalue weighted by Gasteiger charge is 2.24. The monoisotopic (exact) mass is 954 g/mol. The summed E-state index contributed by atoms with van der Waals surface area (Å²) in [5.74, 6) is -4.99. The number of hydrogen-bond acceptors (Lipinski definition) is 8. The van der Waals surface area contributed by atoms with Gasteiger partial charge in [0.05, 0.1) is 12.8 Å². The zero-order chi connectivity index (χ0) is 44.6. The van der Waals surface area contributed by atoms with Crippen LogP contribution in [0.1, 0.15) is 11.1 Å². The van der Waals surface area contributed by atoms with Crippen LogP contribution in [-0.4, -0.2) is 28.6 Å². The Hall–Kier alpha value is -5.37. The first-order chi connectivity index (χ1) is 28.7. The Bertz CT molecular complexity index is 2880. The summed E-state index contributed by atoms with van der Waals surface area (Å²) in [6, 6.07) is 25.8. The van der Waals surface area contributed by atoms with Gasteiger partial charge >= 0.3 is 0 Å². The molecule has 0 aromatic heterocycles. The van der Waals surface area contributed by atoms with Crippen molar-refractivity contribution in [2.45, 2.75) is 22.6 Å². The Kier molecular flexibility index (Phi) is 15.3. The number of sulfonamides is 2. The molecule has 21 heteroatoms. The van der Waals surface area contributed by atoms with Crippen LogP contribution in [-0.2, 0) is 42.5 Å². The summed E-state index contributed by atoms with van der Waals surface area (Å²) in [4.78, 5) is 23.3. The first kappa shape index (κ1) is 46.7. The summed E-state index contributed by atoms with van der Waals surface area (Å²) in [7, 11) is -8.82. The predicted octanol–water partition coefficient (Wildman–Crippen LogP) is 9.65. The number of hydrogen-bond donors (Lipinski definition) is 4. The Balaban J connectivity index is 0.000000231. The number of amides is 2. The summed E-state index contributed by atoms with van der Waals surface area (Å²) in [6.07, 6.45) is -0.420. The normalized spacial score (nSPS) is 11.2. The van der Waals surface area contributed by atoms with Crippen molar-refractivity contribution in [3.63, 3.8) is 0 Å². The van der Waals surface area contributed by atoms with Gasteiger partial charge in [0, 0.05) is 43.6 Å². The van der Waals surface area contributed by atoms with E-state index in [1.165, 1.54) is 36.4 Å². The Morgan fingerprint density at radius 3 is 1.43 bits per heavy atom. The number of rotatable bonds is 12. The fourth-order valence-corrected chi connectivity index (χ4v) is 7.40. The number of nitrogens with one attached hydrogen (secondary N) is 2. The van der Waals surface area contributed by atoms with E-state index in [0.717, 1.165) is 36.4 Å². The van der Waals surface area contributed by atoms with Gasteiger partial charge in [0.2, 0.25) is 31.9 Å². The molecule has 6 aromatic rings. The van der Waals surface area contributed by atoms with Crippen LogP contribution in [0.4, 0.5) is 24.5 Å². The lowest BCUT2D eigenvalue weighted by molar-refractivity contribution is -0.116. The van der Waals surface area contributed by atoms with Crippen molar-refractivity contribution in [3.8, 4) is 23.0 Å². The minimum atomic E-state index is -4.44. The van der Waals surface area contributed by atoms with Crippen LogP contribution >= 0.6 is 46.4 Å². The highest BCUT2D eigenvalue weighted by Crippen LogP contribution is 2.36. The van der Waals surface area contributed by atoms with Crippen molar-refractivity contribution in [2.75, 3.05) is 10.6 Å². The largest absolute Gasteiger partial charge is 0.453 e. The smallest absolute Gasteiger partial charge is 0.241 e. The van der Waals surface area contributed by atoms with E-state index in [0.29, 0.717) is 15.6 Å². The minimum absolute atomic E-state index is 0.0776. The fraction of sp³-hybridized carbons (Fsp3) is 0.0500. The van der Waals surface area contributed by atoms with Crippen molar-refractivity contribution >= 4 is 89.6 Å². The quantitative estimate of drug-likeness (QED) is 0.0930. The van der Waals surface area contributed by atoms with Gasteiger partial charge in [-0.2, -0.15) is 0 Å². The van der Waals surface area contributed by atoms with Gasteiger partial charge in [-0.1, -0.05) is 76.7 Å². The third-order valence-electron chi connectivity index (χ3n) is 7.90. The Morgan fingerprint density at radius 1 is 0.541 bits per heavy atom. The molecule has 6 rings (SSSR count). The molecule has 12 nitrogen and oxygen atoms in total. The van der Waals surface area contributed by atoms with Gasteiger partial charge in [0.25, 0.3) is 0 Å². The first-order valence-corrected chi connectivity index (χ1v) is 21.6. The molecule has 0 fully saturated rings. The van der Waals surface area contributed by atoms with Crippen LogP contribution in [0.5, 0.6) is 23.0 Å². The second kappa shape index (κ2) is 20.0. The molecule has 0 aliphatic carbocycles. The van der Waals surface area contributed by atoms with E-state index in [4.69, 9.17) is 66.2 Å². The van der Waals surface area contributed by atoms with Gasteiger partial charge in [0.1, 0.15) is 27.1 Å². The van der Waals surface area contributed by atoms with Gasteiger partial charge in [-0.3, -0.25) is 9.59 Å². The van der Waals surface area contributed by atoms with Gasteiger partial charge in [-0.15, -0.1) is 0 Å². The number of benzene rings is 6. The van der Waals surface area contributed by atoms with Crippen molar-refractivity contribution in [1.29, 1.82) is 0 Å². The highest BCUT2D eigenvalue weighted by atomic mass is 35.5. The predicted molar refractivity (Wildman–Crippen MR) is 226 cm³/mol. The molecule has 0 heterocycles. The van der Waals surface area contributed by atoms with E-state index in [1.807, 2.05) is 0 Å². The Morgan fingerprint density at radius 2 is 0.984 bits per heavy atom. The van der Waals surface area contributed by atoms with Crippen molar-refractivity contribution in [2.24, 2.45) is 10.3 Å². The van der Waals surface area contributed by atoms with E-state index < -0.39 is 70.6 Å². The van der Waals surface area contributed by atoms with Crippen LogP contribution in [0.2, 0.25) is 20.1 Å². The van der Waals surface area contributed by atoms with Gasteiger partial charge in [0.15, 0.2) is 23.1 Å². The maximum absolute atomic E-state index is 14.7. The molecular weight excluding hydrogens is 927 g/mol. The van der Waals surface area contributed by atoms with Crippen LogP contribution in [0.15, 0.2) is 125 Å². The standard InChI is InChI=1S/C20H14Cl2F2N2O4S.C20H15Cl2FN2O4S/c21-12-2-1-3-15(8-12)30-20-17(24)9-14(10-18(20)31(25,28)29)26-19(27)7-11-6-13(23)4-5-16(11)22;21-13-5-3-6-15(9-13)29-20-17(23)10-14(11-18(20)30(24,27)28)25-19(26)8-12-4-1-2-7-16(12)22/h1-6,8-10H,7H2,(H,26,27)(H2,25,28,29);1-7,9-11H,8H2,(H,25,26)(H2,24,27,28). The van der Waals surface area contributed by atoms with Crippen LogP contribution < -0.4 is 30.4 Å². The molecule has 0 aliphatic heterocycles. The molecule has 6 N–H and O–H groups in total. The molecular formula is C40H29Cl4F3N4O8S2. The minimum Gasteiger partial charge on any atom is -0.453 e. The summed E-state index contributed by atoms with van der Waals surface area (Å²) in [5.41, 5.74) is 0.460. The van der Waals surface area contributed by atoms with Gasteiger partial charge in [-0.25, -0.2) is 40.3 Å². The SMILES string of the molecule is NS(=O)(=O)c1cc(NC(=O)Cc2cc(F)ccc2Cl)cc(F)c1Oc1cccc(Cl)c1.NS(=O)(=O)c1cc(NC(=O)Cc2ccccc2Cl)cc(F)c1Oc1cccc(Cl)c1. The molecule has 0 atom stereocenters. The molecule has 0 aliphatic rings. The maximum Gasteiger partial charge on any atom is 0.241 e. The zero-order valence-corrected chi connectivity index (χ0v) is 35.4. The second-order valence-electron chi connectivity index (χ2n) is 12.6. The molecule has 0 radical (unpaired) electrons. The second-order valence-corrected chi connectivity index (χ2v) is 17.3. The number of carbonyl (C=O) groups excluding carboxylic acids is 2. The lowest BCUT2D eigenvalue weighted by Gasteiger charge is -2.14. The lowest BCUT2D eigenvalue weighted by atomic mass is 10.1. The molecule has 6 aromatic carbocycles. The van der Waals surface area contributed by atoms with E-state index in [9.17, 15) is 39.6 Å². The molecule has 0 bridgehead atoms. The third-order valence-corrected chi connectivity index (χ3v) is 10.9. The average Bonchev–Trinajstić information content (AvgIpc) is 3.15. The summed E-state index contributed by atoms with van der Waals surface area (Å²) >= 11 is 23.7. The number of nitrogens with two attached hydrogens (primary N) is 2. The summed E-state index contributed by atoms with van der Waals surface area (Å²) in [6.45, 7) is 0. The average molecular weight is 957 g/mol. The molecule has 61 heavy (non-hydrogen) atoms. The van der Waals surface area contributed by atoms with Crippen LogP contribution in [0.25, 0.3) is 0 Å². The first-order valence-electron chi connectivity index (χ1n) is 17.0. The highest BCUT2D eigenvalue weighted by molar-refractivity contribution is 7.89. The molecule has 0 spiro atoms. The lowest BCUT2D eigenvalue weighted by Crippen LogP contribution is -2.18. The van der Waals surface area contributed by atoms with E-state index in [2.05, 4.69) is 10.6 Å². The molecule has 2 amide bonds. The number of primary sulfonamides is 2. The number of anilines is 2. The number of ether oxygens (including phenoxy) is 2. The van der Waals surface area contributed by atoms with Crippen molar-refractivity contribution in [3.05, 3.63) is 164 Å².